The van der Waals surface area contributed by atoms with E-state index in [-0.39, 0.29) is 11.8 Å². The number of hydrogen-bond acceptors (Lipinski definition) is 2. The molecular weight excluding hydrogens is 200 g/mol. The first-order valence-electron chi connectivity index (χ1n) is 5.56. The van der Waals surface area contributed by atoms with Gasteiger partial charge in [-0.1, -0.05) is 26.0 Å². The molecule has 1 aromatic rings. The lowest BCUT2D eigenvalue weighted by Crippen LogP contribution is -2.39. The Labute approximate surface area is 97.0 Å². The Morgan fingerprint density at radius 1 is 1.31 bits per heavy atom. The summed E-state index contributed by atoms with van der Waals surface area (Å²) in [6, 6.07) is 5.39. The molecule has 0 aliphatic carbocycles. The van der Waals surface area contributed by atoms with Crippen LogP contribution in [0.2, 0.25) is 0 Å². The molecule has 0 radical (unpaired) electrons. The molecule has 0 bridgehead atoms. The van der Waals surface area contributed by atoms with Crippen LogP contribution in [0.3, 0.4) is 0 Å². The molecule has 0 spiro atoms. The minimum Gasteiger partial charge on any atom is -0.324 e. The van der Waals surface area contributed by atoms with Gasteiger partial charge in [0.2, 0.25) is 5.91 Å². The first-order valence-corrected chi connectivity index (χ1v) is 5.56. The molecule has 1 rings (SSSR count). The van der Waals surface area contributed by atoms with E-state index in [1.807, 2.05) is 45.9 Å². The van der Waals surface area contributed by atoms with E-state index in [4.69, 9.17) is 5.73 Å². The molecule has 1 aromatic carbocycles. The predicted molar refractivity (Wildman–Crippen MR) is 67.4 cm³/mol. The first kappa shape index (κ1) is 12.7. The van der Waals surface area contributed by atoms with Crippen molar-refractivity contribution in [3.63, 3.8) is 0 Å². The van der Waals surface area contributed by atoms with Crippen LogP contribution in [0.1, 0.15) is 25.0 Å². The highest BCUT2D eigenvalue weighted by atomic mass is 16.2. The average molecular weight is 220 g/mol. The third-order valence-electron chi connectivity index (χ3n) is 2.88. The Bertz CT molecular complexity index is 386. The van der Waals surface area contributed by atoms with Crippen LogP contribution in [0.25, 0.3) is 0 Å². The highest BCUT2D eigenvalue weighted by Gasteiger charge is 2.17. The molecule has 0 aliphatic rings. The molecule has 0 aromatic heterocycles. The standard InChI is InChI=1S/C13H20N2O/c1-8(2)12(14)13(16)15-11-7-5-6-9(3)10(11)4/h5-8,12H,14H2,1-4H3,(H,15,16)/t12-/m0/s1. The van der Waals surface area contributed by atoms with Crippen LogP contribution in [0.4, 0.5) is 5.69 Å². The molecule has 16 heavy (non-hydrogen) atoms. The molecule has 0 saturated carbocycles. The van der Waals surface area contributed by atoms with Crippen molar-refractivity contribution in [1.29, 1.82) is 0 Å². The molecule has 1 amide bonds. The lowest BCUT2D eigenvalue weighted by molar-refractivity contribution is -0.118. The van der Waals surface area contributed by atoms with E-state index >= 15 is 0 Å². The van der Waals surface area contributed by atoms with Gasteiger partial charge in [-0.25, -0.2) is 0 Å². The van der Waals surface area contributed by atoms with E-state index in [9.17, 15) is 4.79 Å². The topological polar surface area (TPSA) is 55.1 Å². The maximum absolute atomic E-state index is 11.8. The van der Waals surface area contributed by atoms with Gasteiger partial charge in [0.15, 0.2) is 0 Å². The van der Waals surface area contributed by atoms with Gasteiger partial charge in [0, 0.05) is 5.69 Å². The number of amides is 1. The van der Waals surface area contributed by atoms with E-state index < -0.39 is 6.04 Å². The number of anilines is 1. The van der Waals surface area contributed by atoms with Gasteiger partial charge < -0.3 is 11.1 Å². The Balaban J connectivity index is 2.81. The van der Waals surface area contributed by atoms with Gasteiger partial charge in [-0.15, -0.1) is 0 Å². The number of hydrogen-bond donors (Lipinski definition) is 2. The number of aryl methyl sites for hydroxylation is 1. The number of carbonyl (C=O) groups excluding carboxylic acids is 1. The van der Waals surface area contributed by atoms with Gasteiger partial charge in [0.1, 0.15) is 0 Å². The second kappa shape index (κ2) is 5.12. The van der Waals surface area contributed by atoms with Crippen LogP contribution in [0, 0.1) is 19.8 Å². The summed E-state index contributed by atoms with van der Waals surface area (Å²) in [6.45, 7) is 7.89. The molecule has 1 atom stereocenters. The van der Waals surface area contributed by atoms with Crippen LogP contribution < -0.4 is 11.1 Å². The third-order valence-corrected chi connectivity index (χ3v) is 2.88. The van der Waals surface area contributed by atoms with Crippen molar-refractivity contribution in [3.05, 3.63) is 29.3 Å². The first-order chi connectivity index (χ1) is 7.43. The Hall–Kier alpha value is -1.35. The smallest absolute Gasteiger partial charge is 0.241 e. The summed E-state index contributed by atoms with van der Waals surface area (Å²) in [4.78, 5) is 11.8. The number of nitrogens with one attached hydrogen (secondary N) is 1. The quantitative estimate of drug-likeness (QED) is 0.820. The van der Waals surface area contributed by atoms with E-state index in [1.54, 1.807) is 0 Å². The monoisotopic (exact) mass is 220 g/mol. The average Bonchev–Trinajstić information content (AvgIpc) is 2.23. The van der Waals surface area contributed by atoms with Crippen molar-refractivity contribution in [2.24, 2.45) is 11.7 Å². The molecule has 0 saturated heterocycles. The van der Waals surface area contributed by atoms with Gasteiger partial charge in [-0.3, -0.25) is 4.79 Å². The van der Waals surface area contributed by atoms with Crippen LogP contribution in [-0.4, -0.2) is 11.9 Å². The Kier molecular flexibility index (Phi) is 4.07. The summed E-state index contributed by atoms with van der Waals surface area (Å²) >= 11 is 0. The van der Waals surface area contributed by atoms with Gasteiger partial charge >= 0.3 is 0 Å². The fourth-order valence-electron chi connectivity index (χ4n) is 1.41. The maximum atomic E-state index is 11.8. The fraction of sp³-hybridized carbons (Fsp3) is 0.462. The maximum Gasteiger partial charge on any atom is 0.241 e. The zero-order valence-corrected chi connectivity index (χ0v) is 10.4. The molecule has 0 aliphatic heterocycles. The van der Waals surface area contributed by atoms with Crippen molar-refractivity contribution in [2.45, 2.75) is 33.7 Å². The van der Waals surface area contributed by atoms with Crippen molar-refractivity contribution in [1.82, 2.24) is 0 Å². The predicted octanol–water partition coefficient (Wildman–Crippen LogP) is 2.23. The number of nitrogens with two attached hydrogens (primary N) is 1. The van der Waals surface area contributed by atoms with E-state index in [0.29, 0.717) is 0 Å². The van der Waals surface area contributed by atoms with Gasteiger partial charge in [0.05, 0.1) is 6.04 Å². The zero-order valence-electron chi connectivity index (χ0n) is 10.4. The normalized spacial score (nSPS) is 12.6. The highest BCUT2D eigenvalue weighted by Crippen LogP contribution is 2.18. The molecule has 3 heteroatoms. The van der Waals surface area contributed by atoms with Crippen molar-refractivity contribution in [3.8, 4) is 0 Å². The summed E-state index contributed by atoms with van der Waals surface area (Å²) < 4.78 is 0. The summed E-state index contributed by atoms with van der Waals surface area (Å²) in [5, 5.41) is 2.87. The van der Waals surface area contributed by atoms with Crippen LogP contribution in [0.5, 0.6) is 0 Å². The molecule has 0 heterocycles. The van der Waals surface area contributed by atoms with Crippen molar-refractivity contribution < 1.29 is 4.79 Å². The number of carbonyl (C=O) groups is 1. The molecule has 0 unspecified atom stereocenters. The lowest BCUT2D eigenvalue weighted by Gasteiger charge is -2.17. The molecule has 3 N–H and O–H groups in total. The Morgan fingerprint density at radius 3 is 2.50 bits per heavy atom. The number of benzene rings is 1. The van der Waals surface area contributed by atoms with E-state index in [2.05, 4.69) is 5.32 Å². The molecular formula is C13H20N2O. The lowest BCUT2D eigenvalue weighted by atomic mass is 10.0. The van der Waals surface area contributed by atoms with E-state index in [1.165, 1.54) is 0 Å². The van der Waals surface area contributed by atoms with Crippen LogP contribution in [-0.2, 0) is 4.79 Å². The minimum atomic E-state index is -0.458. The van der Waals surface area contributed by atoms with Gasteiger partial charge in [-0.05, 0) is 37.0 Å². The summed E-state index contributed by atoms with van der Waals surface area (Å²) in [7, 11) is 0. The van der Waals surface area contributed by atoms with E-state index in [0.717, 1.165) is 16.8 Å². The molecule has 88 valence electrons. The second-order valence-corrected chi connectivity index (χ2v) is 4.51. The summed E-state index contributed by atoms with van der Waals surface area (Å²) in [5.74, 6) is 0.0221. The second-order valence-electron chi connectivity index (χ2n) is 4.51. The number of rotatable bonds is 3. The molecule has 0 fully saturated rings. The van der Waals surface area contributed by atoms with Gasteiger partial charge in [0.25, 0.3) is 0 Å². The minimum absolute atomic E-state index is 0.122. The summed E-state index contributed by atoms with van der Waals surface area (Å²) in [6.07, 6.45) is 0. The third kappa shape index (κ3) is 2.83. The van der Waals surface area contributed by atoms with Crippen LogP contribution >= 0.6 is 0 Å². The van der Waals surface area contributed by atoms with Gasteiger partial charge in [-0.2, -0.15) is 0 Å². The molecule has 3 nitrogen and oxygen atoms in total. The largest absolute Gasteiger partial charge is 0.324 e. The highest BCUT2D eigenvalue weighted by molar-refractivity contribution is 5.95. The fourth-order valence-corrected chi connectivity index (χ4v) is 1.41. The van der Waals surface area contributed by atoms with Crippen molar-refractivity contribution in [2.75, 3.05) is 5.32 Å². The van der Waals surface area contributed by atoms with Crippen molar-refractivity contribution >= 4 is 11.6 Å². The zero-order chi connectivity index (χ0) is 12.3. The Morgan fingerprint density at radius 2 is 1.94 bits per heavy atom. The summed E-state index contributed by atoms with van der Waals surface area (Å²) in [5.41, 5.74) is 8.88. The van der Waals surface area contributed by atoms with Crippen LogP contribution in [0.15, 0.2) is 18.2 Å². The SMILES string of the molecule is Cc1cccc(NC(=O)[C@@H](N)C(C)C)c1C.